The maximum atomic E-state index is 12.3. The minimum Gasteiger partial charge on any atom is -0.466 e. The molecule has 0 radical (unpaired) electrons. The van der Waals surface area contributed by atoms with Gasteiger partial charge >= 0.3 is 11.9 Å². The lowest BCUT2D eigenvalue weighted by atomic mass is 9.91. The summed E-state index contributed by atoms with van der Waals surface area (Å²) >= 11 is 0. The van der Waals surface area contributed by atoms with Gasteiger partial charge in [0.25, 0.3) is 0 Å². The van der Waals surface area contributed by atoms with E-state index in [2.05, 4.69) is 10.5 Å². The van der Waals surface area contributed by atoms with E-state index >= 15 is 0 Å². The number of nitrogens with zero attached hydrogens (tertiary/aromatic N) is 1. The SMILES string of the molecule is COC(=O)C1(C)CC([C@@H](NC(=O)CCCC(=O)OC(C)(C)C)C(C)C)=NO1. The number of nitrogens with one attached hydrogen (secondary N) is 1. The topological polar surface area (TPSA) is 103 Å². The van der Waals surface area contributed by atoms with E-state index in [0.29, 0.717) is 12.1 Å². The molecule has 0 aromatic carbocycles. The first-order valence-electron chi connectivity index (χ1n) is 9.22. The van der Waals surface area contributed by atoms with Gasteiger partial charge in [0.05, 0.1) is 18.9 Å². The molecule has 1 heterocycles. The molecule has 0 spiro atoms. The number of esters is 2. The number of amides is 1. The Bertz CT molecular complexity index is 593. The van der Waals surface area contributed by atoms with Crippen LogP contribution >= 0.6 is 0 Å². The van der Waals surface area contributed by atoms with Gasteiger partial charge in [0.1, 0.15) is 5.60 Å². The van der Waals surface area contributed by atoms with Crippen molar-refractivity contribution >= 4 is 23.6 Å². The zero-order valence-electron chi connectivity index (χ0n) is 17.4. The molecule has 1 aliphatic heterocycles. The van der Waals surface area contributed by atoms with Crippen molar-refractivity contribution in [3.63, 3.8) is 0 Å². The van der Waals surface area contributed by atoms with Gasteiger partial charge in [0, 0.05) is 19.3 Å². The number of ether oxygens (including phenoxy) is 2. The first kappa shape index (κ1) is 22.9. The third-order valence-electron chi connectivity index (χ3n) is 4.05. The monoisotopic (exact) mass is 384 g/mol. The molecule has 1 unspecified atom stereocenters. The summed E-state index contributed by atoms with van der Waals surface area (Å²) in [5.41, 5.74) is -1.11. The van der Waals surface area contributed by atoms with E-state index in [9.17, 15) is 14.4 Å². The molecule has 1 aliphatic rings. The lowest BCUT2D eigenvalue weighted by molar-refractivity contribution is -0.164. The van der Waals surface area contributed by atoms with Crippen LogP contribution in [-0.2, 0) is 28.7 Å². The Morgan fingerprint density at radius 3 is 2.41 bits per heavy atom. The second kappa shape index (κ2) is 9.19. The Labute approximate surface area is 161 Å². The van der Waals surface area contributed by atoms with Crippen molar-refractivity contribution < 1.29 is 28.7 Å². The van der Waals surface area contributed by atoms with E-state index in [4.69, 9.17) is 14.3 Å². The van der Waals surface area contributed by atoms with Crippen molar-refractivity contribution in [2.45, 2.75) is 84.5 Å². The van der Waals surface area contributed by atoms with Crippen LogP contribution in [0.1, 0.15) is 67.2 Å². The molecule has 0 aromatic rings. The van der Waals surface area contributed by atoms with E-state index < -0.39 is 17.2 Å². The molecule has 0 saturated heterocycles. The average Bonchev–Trinajstić information content (AvgIpc) is 2.93. The Kier molecular flexibility index (Phi) is 7.80. The second-order valence-corrected chi connectivity index (χ2v) is 8.30. The molecule has 8 nitrogen and oxygen atoms in total. The molecule has 0 aromatic heterocycles. The number of hydrogen-bond donors (Lipinski definition) is 1. The highest BCUT2D eigenvalue weighted by Crippen LogP contribution is 2.27. The molecule has 1 rings (SSSR count). The number of hydrogen-bond acceptors (Lipinski definition) is 7. The van der Waals surface area contributed by atoms with Crippen molar-refractivity contribution in [3.05, 3.63) is 0 Å². The maximum Gasteiger partial charge on any atom is 0.353 e. The van der Waals surface area contributed by atoms with Crippen LogP contribution in [0.5, 0.6) is 0 Å². The number of carbonyl (C=O) groups excluding carboxylic acids is 3. The van der Waals surface area contributed by atoms with Gasteiger partial charge in [-0.15, -0.1) is 0 Å². The van der Waals surface area contributed by atoms with E-state index in [1.807, 2.05) is 13.8 Å². The lowest BCUT2D eigenvalue weighted by Gasteiger charge is -2.23. The van der Waals surface area contributed by atoms with E-state index in [0.717, 1.165) is 0 Å². The Morgan fingerprint density at radius 1 is 1.26 bits per heavy atom. The molecule has 1 amide bonds. The fraction of sp³-hybridized carbons (Fsp3) is 0.789. The lowest BCUT2D eigenvalue weighted by Crippen LogP contribution is -2.46. The Morgan fingerprint density at radius 2 is 1.89 bits per heavy atom. The Hall–Kier alpha value is -2.12. The standard InChI is InChI=1S/C19H32N2O6/c1-12(2)16(13-11-19(6,27-21-13)17(24)25-7)20-14(22)9-8-10-15(23)26-18(3,4)5/h12,16H,8-11H2,1-7H3,(H,20,22)/t16-,19?/m0/s1. The summed E-state index contributed by atoms with van der Waals surface area (Å²) in [5.74, 6) is -0.959. The van der Waals surface area contributed by atoms with Crippen LogP contribution < -0.4 is 5.32 Å². The molecule has 2 atom stereocenters. The molecule has 0 saturated carbocycles. The van der Waals surface area contributed by atoms with E-state index in [1.54, 1.807) is 27.7 Å². The smallest absolute Gasteiger partial charge is 0.353 e. The minimum absolute atomic E-state index is 0.0575. The highest BCUT2D eigenvalue weighted by Gasteiger charge is 2.45. The highest BCUT2D eigenvalue weighted by atomic mass is 16.7. The van der Waals surface area contributed by atoms with Crippen LogP contribution in [-0.4, -0.2) is 47.9 Å². The summed E-state index contributed by atoms with van der Waals surface area (Å²) in [6.45, 7) is 10.9. The number of rotatable bonds is 8. The van der Waals surface area contributed by atoms with Crippen molar-refractivity contribution in [1.29, 1.82) is 0 Å². The van der Waals surface area contributed by atoms with E-state index in [-0.39, 0.29) is 43.1 Å². The fourth-order valence-electron chi connectivity index (χ4n) is 2.73. The summed E-state index contributed by atoms with van der Waals surface area (Å²) in [5, 5.41) is 6.93. The summed E-state index contributed by atoms with van der Waals surface area (Å²) in [6.07, 6.45) is 1.03. The number of methoxy groups -OCH3 is 1. The molecule has 0 aliphatic carbocycles. The second-order valence-electron chi connectivity index (χ2n) is 8.30. The molecule has 1 N–H and O–H groups in total. The summed E-state index contributed by atoms with van der Waals surface area (Å²) in [6, 6.07) is -0.356. The molecular weight excluding hydrogens is 352 g/mol. The summed E-state index contributed by atoms with van der Waals surface area (Å²) in [7, 11) is 1.29. The first-order valence-corrected chi connectivity index (χ1v) is 9.22. The first-order chi connectivity index (χ1) is 12.4. The van der Waals surface area contributed by atoms with Crippen LogP contribution in [0.4, 0.5) is 0 Å². The van der Waals surface area contributed by atoms with Crippen LogP contribution in [0.2, 0.25) is 0 Å². The molecule has 8 heteroatoms. The largest absolute Gasteiger partial charge is 0.466 e. The predicted molar refractivity (Wildman–Crippen MR) is 100 cm³/mol. The zero-order chi connectivity index (χ0) is 20.8. The summed E-state index contributed by atoms with van der Waals surface area (Å²) < 4.78 is 9.97. The third kappa shape index (κ3) is 7.19. The molecule has 0 fully saturated rings. The van der Waals surface area contributed by atoms with Crippen molar-refractivity contribution in [2.75, 3.05) is 7.11 Å². The van der Waals surface area contributed by atoms with Gasteiger partial charge in [0.15, 0.2) is 0 Å². The zero-order valence-corrected chi connectivity index (χ0v) is 17.4. The Balaban J connectivity index is 2.55. The van der Waals surface area contributed by atoms with Gasteiger partial charge in [-0.05, 0) is 40.0 Å². The predicted octanol–water partition coefficient (Wildman–Crippen LogP) is 2.35. The van der Waals surface area contributed by atoms with Gasteiger partial charge in [0.2, 0.25) is 11.5 Å². The molecular formula is C19H32N2O6. The van der Waals surface area contributed by atoms with Gasteiger partial charge < -0.3 is 19.6 Å². The van der Waals surface area contributed by atoms with Crippen LogP contribution in [0.15, 0.2) is 5.16 Å². The number of carbonyl (C=O) groups is 3. The van der Waals surface area contributed by atoms with Crippen LogP contribution in [0.3, 0.4) is 0 Å². The minimum atomic E-state index is -1.17. The quantitative estimate of drug-likeness (QED) is 0.644. The van der Waals surface area contributed by atoms with E-state index in [1.165, 1.54) is 7.11 Å². The van der Waals surface area contributed by atoms with Crippen LogP contribution in [0.25, 0.3) is 0 Å². The van der Waals surface area contributed by atoms with Crippen molar-refractivity contribution in [1.82, 2.24) is 5.32 Å². The third-order valence-corrected chi connectivity index (χ3v) is 4.05. The van der Waals surface area contributed by atoms with Gasteiger partial charge in [-0.2, -0.15) is 0 Å². The average molecular weight is 384 g/mol. The summed E-state index contributed by atoms with van der Waals surface area (Å²) in [4.78, 5) is 41.1. The highest BCUT2D eigenvalue weighted by molar-refractivity contribution is 5.98. The number of oxime groups is 1. The fourth-order valence-corrected chi connectivity index (χ4v) is 2.73. The molecule has 154 valence electrons. The van der Waals surface area contributed by atoms with Crippen LogP contribution in [0, 0.1) is 5.92 Å². The molecule has 27 heavy (non-hydrogen) atoms. The van der Waals surface area contributed by atoms with Gasteiger partial charge in [-0.1, -0.05) is 19.0 Å². The van der Waals surface area contributed by atoms with Gasteiger partial charge in [-0.25, -0.2) is 4.79 Å². The normalized spacial score (nSPS) is 20.5. The van der Waals surface area contributed by atoms with Crippen molar-refractivity contribution in [2.24, 2.45) is 11.1 Å². The van der Waals surface area contributed by atoms with Crippen molar-refractivity contribution in [3.8, 4) is 0 Å². The van der Waals surface area contributed by atoms with Gasteiger partial charge in [-0.3, -0.25) is 9.59 Å². The molecule has 0 bridgehead atoms. The maximum absolute atomic E-state index is 12.3.